The third-order valence-corrected chi connectivity index (χ3v) is 7.22. The number of hydrogen-bond donors (Lipinski definition) is 2. The molecule has 0 bridgehead atoms. The first kappa shape index (κ1) is 24.1. The number of nitrogens with one attached hydrogen (secondary N) is 2. The standard InChI is InChI=1S/C22H27N3O5S2/c1-30-20-11-10-16(15-19(20)25-13-6-9-21(25)26)23-22(27)18(12-14-31-2)24-32(28,29)17-7-4-3-5-8-17/h3-5,7-8,10-11,15,18,24H,6,9,12-14H2,1-2H3,(H,23,27). The van der Waals surface area contributed by atoms with Gasteiger partial charge in [0, 0.05) is 18.7 Å². The van der Waals surface area contributed by atoms with Crippen molar-refractivity contribution in [1.29, 1.82) is 0 Å². The highest BCUT2D eigenvalue weighted by Crippen LogP contribution is 2.34. The topological polar surface area (TPSA) is 105 Å². The minimum Gasteiger partial charge on any atom is -0.495 e. The molecule has 1 aliphatic heterocycles. The van der Waals surface area contributed by atoms with Gasteiger partial charge in [-0.1, -0.05) is 18.2 Å². The maximum atomic E-state index is 13.0. The molecule has 1 fully saturated rings. The summed E-state index contributed by atoms with van der Waals surface area (Å²) < 4.78 is 33.4. The largest absolute Gasteiger partial charge is 0.495 e. The molecule has 2 N–H and O–H groups in total. The summed E-state index contributed by atoms with van der Waals surface area (Å²) >= 11 is 1.52. The molecule has 2 aromatic rings. The lowest BCUT2D eigenvalue weighted by molar-refractivity contribution is -0.118. The molecular formula is C22H27N3O5S2. The molecule has 1 unspecified atom stereocenters. The van der Waals surface area contributed by atoms with Crippen LogP contribution in [0.3, 0.4) is 0 Å². The summed E-state index contributed by atoms with van der Waals surface area (Å²) in [7, 11) is -2.34. The summed E-state index contributed by atoms with van der Waals surface area (Å²) in [5.74, 6) is 0.663. The van der Waals surface area contributed by atoms with Gasteiger partial charge in [0.05, 0.1) is 17.7 Å². The Morgan fingerprint density at radius 1 is 1.22 bits per heavy atom. The van der Waals surface area contributed by atoms with Crippen LogP contribution < -0.4 is 19.7 Å². The first-order valence-corrected chi connectivity index (χ1v) is 13.1. The summed E-state index contributed by atoms with van der Waals surface area (Å²) in [6.45, 7) is 0.583. The van der Waals surface area contributed by atoms with Gasteiger partial charge in [0.15, 0.2) is 0 Å². The van der Waals surface area contributed by atoms with Crippen LogP contribution in [0.25, 0.3) is 0 Å². The number of sulfonamides is 1. The summed E-state index contributed by atoms with van der Waals surface area (Å²) in [5, 5.41) is 2.79. The maximum absolute atomic E-state index is 13.0. The van der Waals surface area contributed by atoms with Crippen molar-refractivity contribution in [3.63, 3.8) is 0 Å². The number of thioether (sulfide) groups is 1. The van der Waals surface area contributed by atoms with E-state index in [1.54, 1.807) is 41.3 Å². The highest BCUT2D eigenvalue weighted by molar-refractivity contribution is 7.98. The Morgan fingerprint density at radius 3 is 2.59 bits per heavy atom. The maximum Gasteiger partial charge on any atom is 0.242 e. The van der Waals surface area contributed by atoms with Crippen molar-refractivity contribution in [3.05, 3.63) is 48.5 Å². The number of carbonyl (C=O) groups is 2. The van der Waals surface area contributed by atoms with Gasteiger partial charge in [-0.2, -0.15) is 16.5 Å². The van der Waals surface area contributed by atoms with Crippen molar-refractivity contribution >= 4 is 45.0 Å². The van der Waals surface area contributed by atoms with E-state index in [1.165, 1.54) is 31.0 Å². The van der Waals surface area contributed by atoms with E-state index in [0.29, 0.717) is 42.3 Å². The van der Waals surface area contributed by atoms with E-state index in [4.69, 9.17) is 4.74 Å². The van der Waals surface area contributed by atoms with Crippen LogP contribution in [0, 0.1) is 0 Å². The average molecular weight is 478 g/mol. The number of carbonyl (C=O) groups excluding carboxylic acids is 2. The highest BCUT2D eigenvalue weighted by atomic mass is 32.2. The van der Waals surface area contributed by atoms with Crippen molar-refractivity contribution in [2.45, 2.75) is 30.2 Å². The number of benzene rings is 2. The molecule has 10 heteroatoms. The molecule has 0 radical (unpaired) electrons. The molecule has 8 nitrogen and oxygen atoms in total. The van der Waals surface area contributed by atoms with E-state index in [1.807, 2.05) is 6.26 Å². The second-order valence-electron chi connectivity index (χ2n) is 7.29. The van der Waals surface area contributed by atoms with Gasteiger partial charge in [0.2, 0.25) is 21.8 Å². The summed E-state index contributed by atoms with van der Waals surface area (Å²) in [6, 6.07) is 12.0. The molecule has 2 amide bonds. The third kappa shape index (κ3) is 5.81. The lowest BCUT2D eigenvalue weighted by Crippen LogP contribution is -2.44. The quantitative estimate of drug-likeness (QED) is 0.545. The molecule has 0 spiro atoms. The van der Waals surface area contributed by atoms with Crippen LogP contribution in [0.2, 0.25) is 0 Å². The molecule has 3 rings (SSSR count). The minimum atomic E-state index is -3.86. The third-order valence-electron chi connectivity index (χ3n) is 5.09. The van der Waals surface area contributed by atoms with Crippen LogP contribution >= 0.6 is 11.8 Å². The molecule has 1 atom stereocenters. The molecule has 1 saturated heterocycles. The fraction of sp³-hybridized carbons (Fsp3) is 0.364. The van der Waals surface area contributed by atoms with Gasteiger partial charge in [-0.25, -0.2) is 8.42 Å². The van der Waals surface area contributed by atoms with Crippen LogP contribution in [-0.2, 0) is 19.6 Å². The lowest BCUT2D eigenvalue weighted by atomic mass is 10.2. The molecular weight excluding hydrogens is 450 g/mol. The van der Waals surface area contributed by atoms with E-state index in [9.17, 15) is 18.0 Å². The van der Waals surface area contributed by atoms with Gasteiger partial charge in [-0.05, 0) is 55.2 Å². The molecule has 1 aliphatic rings. The Balaban J connectivity index is 1.81. The Morgan fingerprint density at radius 2 is 1.97 bits per heavy atom. The van der Waals surface area contributed by atoms with Crippen LogP contribution in [0.5, 0.6) is 5.75 Å². The predicted molar refractivity (Wildman–Crippen MR) is 127 cm³/mol. The number of methoxy groups -OCH3 is 1. The number of nitrogens with zero attached hydrogens (tertiary/aromatic N) is 1. The summed E-state index contributed by atoms with van der Waals surface area (Å²) in [6.07, 6.45) is 3.45. The second-order valence-corrected chi connectivity index (χ2v) is 9.99. The van der Waals surface area contributed by atoms with Crippen molar-refractivity contribution in [1.82, 2.24) is 4.72 Å². The van der Waals surface area contributed by atoms with Crippen molar-refractivity contribution in [2.75, 3.05) is 35.9 Å². The number of ether oxygens (including phenoxy) is 1. The van der Waals surface area contributed by atoms with E-state index in [2.05, 4.69) is 10.0 Å². The van der Waals surface area contributed by atoms with E-state index < -0.39 is 22.0 Å². The minimum absolute atomic E-state index is 0.000227. The Labute approximate surface area is 192 Å². The van der Waals surface area contributed by atoms with Gasteiger partial charge in [0.1, 0.15) is 11.8 Å². The first-order chi connectivity index (χ1) is 15.4. The molecule has 0 aliphatic carbocycles. The second kappa shape index (κ2) is 10.8. The molecule has 1 heterocycles. The smallest absolute Gasteiger partial charge is 0.242 e. The summed E-state index contributed by atoms with van der Waals surface area (Å²) in [5.41, 5.74) is 1.04. The van der Waals surface area contributed by atoms with E-state index >= 15 is 0 Å². The number of anilines is 2. The lowest BCUT2D eigenvalue weighted by Gasteiger charge is -2.21. The average Bonchev–Trinajstić information content (AvgIpc) is 3.22. The van der Waals surface area contributed by atoms with Gasteiger partial charge >= 0.3 is 0 Å². The van der Waals surface area contributed by atoms with Gasteiger partial charge in [0.25, 0.3) is 0 Å². The number of rotatable bonds is 10. The Bertz CT molecular complexity index is 1060. The first-order valence-electron chi connectivity index (χ1n) is 10.2. The fourth-order valence-electron chi connectivity index (χ4n) is 3.45. The monoisotopic (exact) mass is 477 g/mol. The molecule has 0 aromatic heterocycles. The Kier molecular flexibility index (Phi) is 8.16. The van der Waals surface area contributed by atoms with E-state index in [0.717, 1.165) is 6.42 Å². The van der Waals surface area contributed by atoms with Crippen molar-refractivity contribution in [2.24, 2.45) is 0 Å². The van der Waals surface area contributed by atoms with Crippen molar-refractivity contribution < 1.29 is 22.7 Å². The predicted octanol–water partition coefficient (Wildman–Crippen LogP) is 2.86. The zero-order chi connectivity index (χ0) is 23.1. The van der Waals surface area contributed by atoms with Crippen LogP contribution in [0.1, 0.15) is 19.3 Å². The van der Waals surface area contributed by atoms with Gasteiger partial charge in [-0.3, -0.25) is 9.59 Å². The number of amides is 2. The zero-order valence-electron chi connectivity index (χ0n) is 18.0. The fourth-order valence-corrected chi connectivity index (χ4v) is 5.17. The molecule has 2 aromatic carbocycles. The summed E-state index contributed by atoms with van der Waals surface area (Å²) in [4.78, 5) is 27.0. The van der Waals surface area contributed by atoms with Crippen molar-refractivity contribution in [3.8, 4) is 5.75 Å². The molecule has 172 valence electrons. The molecule has 32 heavy (non-hydrogen) atoms. The van der Waals surface area contributed by atoms with Gasteiger partial charge in [-0.15, -0.1) is 0 Å². The Hall–Kier alpha value is -2.56. The normalized spacial score (nSPS) is 14.9. The molecule has 0 saturated carbocycles. The SMILES string of the molecule is COc1ccc(NC(=O)C(CCSC)NS(=O)(=O)c2ccccc2)cc1N1CCCC1=O. The van der Waals surface area contributed by atoms with Crippen LogP contribution in [0.15, 0.2) is 53.4 Å². The highest BCUT2D eigenvalue weighted by Gasteiger charge is 2.27. The van der Waals surface area contributed by atoms with Crippen LogP contribution in [-0.4, -0.2) is 51.9 Å². The number of hydrogen-bond acceptors (Lipinski definition) is 6. The van der Waals surface area contributed by atoms with E-state index in [-0.39, 0.29) is 10.8 Å². The van der Waals surface area contributed by atoms with Crippen LogP contribution in [0.4, 0.5) is 11.4 Å². The zero-order valence-corrected chi connectivity index (χ0v) is 19.7. The van der Waals surface area contributed by atoms with Gasteiger partial charge < -0.3 is 15.0 Å².